The van der Waals surface area contributed by atoms with Gasteiger partial charge >= 0.3 is 0 Å². The summed E-state index contributed by atoms with van der Waals surface area (Å²) in [5.41, 5.74) is 3.52. The molecule has 7 heteroatoms. The summed E-state index contributed by atoms with van der Waals surface area (Å²) in [4.78, 5) is 9.19. The molecule has 4 heterocycles. The number of fused-ring (bicyclic) bond motifs is 1. The zero-order valence-corrected chi connectivity index (χ0v) is 13.2. The third kappa shape index (κ3) is 2.44. The first kappa shape index (κ1) is 14.2. The van der Waals surface area contributed by atoms with E-state index in [-0.39, 0.29) is 0 Å². The van der Waals surface area contributed by atoms with Gasteiger partial charge in [-0.05, 0) is 0 Å². The molecule has 0 fully saturated rings. The Morgan fingerprint density at radius 1 is 1.17 bits per heavy atom. The van der Waals surface area contributed by atoms with Crippen LogP contribution in [0.4, 0.5) is 0 Å². The van der Waals surface area contributed by atoms with E-state index in [0.717, 1.165) is 28.3 Å². The predicted molar refractivity (Wildman–Crippen MR) is 89.9 cm³/mol. The highest BCUT2D eigenvalue weighted by Gasteiger charge is 2.13. The van der Waals surface area contributed by atoms with Gasteiger partial charge in [-0.25, -0.2) is 9.97 Å². The van der Waals surface area contributed by atoms with Gasteiger partial charge in [-0.2, -0.15) is 10.2 Å². The van der Waals surface area contributed by atoms with Crippen molar-refractivity contribution < 1.29 is 0 Å². The van der Waals surface area contributed by atoms with E-state index < -0.39 is 0 Å². The van der Waals surface area contributed by atoms with Crippen LogP contribution in [0, 0.1) is 12.3 Å². The molecule has 118 valence electrons. The first-order valence-corrected chi connectivity index (χ1v) is 7.54. The summed E-state index contributed by atoms with van der Waals surface area (Å²) in [5.74, 6) is 3.41. The third-order valence-electron chi connectivity index (χ3n) is 3.77. The summed E-state index contributed by atoms with van der Waals surface area (Å²) >= 11 is 0. The van der Waals surface area contributed by atoms with Crippen molar-refractivity contribution in [2.24, 2.45) is 7.05 Å². The summed E-state index contributed by atoms with van der Waals surface area (Å²) in [7, 11) is 1.88. The lowest BCUT2D eigenvalue weighted by molar-refractivity contribution is 0.630. The number of rotatable bonds is 4. The van der Waals surface area contributed by atoms with Gasteiger partial charge in [0, 0.05) is 49.9 Å². The maximum absolute atomic E-state index is 5.32. The Bertz CT molecular complexity index is 1040. The SMILES string of the molecule is C#CCCn1cc(-c2nc(-c3cnn(C)c3)cc3nccn23)cn1. The van der Waals surface area contributed by atoms with Gasteiger partial charge in [0.2, 0.25) is 0 Å². The zero-order valence-electron chi connectivity index (χ0n) is 13.2. The number of terminal acetylenes is 1. The van der Waals surface area contributed by atoms with E-state index in [4.69, 9.17) is 11.4 Å². The van der Waals surface area contributed by atoms with E-state index in [1.54, 1.807) is 23.3 Å². The molecule has 4 aromatic heterocycles. The number of imidazole rings is 1. The minimum absolute atomic E-state index is 0.644. The molecule has 0 amide bonds. The Morgan fingerprint density at radius 3 is 2.83 bits per heavy atom. The minimum atomic E-state index is 0.644. The van der Waals surface area contributed by atoms with Crippen LogP contribution in [0.2, 0.25) is 0 Å². The average molecular weight is 317 g/mol. The van der Waals surface area contributed by atoms with Gasteiger partial charge in [-0.15, -0.1) is 12.3 Å². The first-order chi connectivity index (χ1) is 11.7. The fourth-order valence-electron chi connectivity index (χ4n) is 2.61. The van der Waals surface area contributed by atoms with Crippen LogP contribution >= 0.6 is 0 Å². The smallest absolute Gasteiger partial charge is 0.149 e. The predicted octanol–water partition coefficient (Wildman–Crippen LogP) is 2.02. The number of aryl methyl sites for hydroxylation is 2. The van der Waals surface area contributed by atoms with Crippen LogP contribution in [0.25, 0.3) is 28.3 Å². The number of nitrogens with zero attached hydrogens (tertiary/aromatic N) is 7. The normalized spacial score (nSPS) is 11.0. The topological polar surface area (TPSA) is 65.8 Å². The second-order valence-electron chi connectivity index (χ2n) is 5.47. The van der Waals surface area contributed by atoms with Crippen molar-refractivity contribution >= 4 is 5.65 Å². The molecule has 0 radical (unpaired) electrons. The third-order valence-corrected chi connectivity index (χ3v) is 3.77. The fourth-order valence-corrected chi connectivity index (χ4v) is 2.61. The molecule has 0 saturated heterocycles. The molecular weight excluding hydrogens is 302 g/mol. The molecule has 7 nitrogen and oxygen atoms in total. The Morgan fingerprint density at radius 2 is 2.04 bits per heavy atom. The molecule has 0 spiro atoms. The van der Waals surface area contributed by atoms with E-state index >= 15 is 0 Å². The van der Waals surface area contributed by atoms with Gasteiger partial charge < -0.3 is 0 Å². The van der Waals surface area contributed by atoms with Crippen molar-refractivity contribution in [2.75, 3.05) is 0 Å². The van der Waals surface area contributed by atoms with Crippen LogP contribution in [0.15, 0.2) is 43.2 Å². The molecule has 0 atom stereocenters. The highest BCUT2D eigenvalue weighted by molar-refractivity contribution is 5.68. The maximum Gasteiger partial charge on any atom is 0.149 e. The lowest BCUT2D eigenvalue weighted by atomic mass is 10.2. The van der Waals surface area contributed by atoms with E-state index in [9.17, 15) is 0 Å². The highest BCUT2D eigenvalue weighted by Crippen LogP contribution is 2.24. The Labute approximate surface area is 138 Å². The molecule has 0 aliphatic carbocycles. The van der Waals surface area contributed by atoms with E-state index in [0.29, 0.717) is 13.0 Å². The number of aromatic nitrogens is 7. The molecule has 0 saturated carbocycles. The van der Waals surface area contributed by atoms with Gasteiger partial charge in [0.15, 0.2) is 0 Å². The molecular formula is C17H15N7. The van der Waals surface area contributed by atoms with Crippen LogP contribution in [-0.4, -0.2) is 33.9 Å². The standard InChI is InChI=1S/C17H15N7/c1-3-4-6-23-12-14(10-20-23)17-21-15(13-9-19-22(2)11-13)8-16-18-5-7-24(16)17/h1,5,7-12H,4,6H2,2H3. The van der Waals surface area contributed by atoms with Gasteiger partial charge in [0.05, 0.1) is 30.2 Å². The van der Waals surface area contributed by atoms with Crippen molar-refractivity contribution in [3.63, 3.8) is 0 Å². The molecule has 0 aliphatic rings. The van der Waals surface area contributed by atoms with Crippen molar-refractivity contribution in [1.29, 1.82) is 0 Å². The van der Waals surface area contributed by atoms with Crippen LogP contribution < -0.4 is 0 Å². The fraction of sp³-hybridized carbons (Fsp3) is 0.176. The first-order valence-electron chi connectivity index (χ1n) is 7.54. The van der Waals surface area contributed by atoms with Gasteiger partial charge in [-0.3, -0.25) is 13.8 Å². The van der Waals surface area contributed by atoms with Crippen LogP contribution in [0.1, 0.15) is 6.42 Å². The second-order valence-corrected chi connectivity index (χ2v) is 5.47. The Kier molecular flexibility index (Phi) is 3.35. The van der Waals surface area contributed by atoms with Gasteiger partial charge in [0.25, 0.3) is 0 Å². The van der Waals surface area contributed by atoms with Crippen molar-refractivity contribution in [1.82, 2.24) is 33.9 Å². The summed E-state index contributed by atoms with van der Waals surface area (Å²) < 4.78 is 5.53. The molecule has 0 bridgehead atoms. The average Bonchev–Trinajstić information content (AvgIpc) is 3.32. The number of hydrogen-bond acceptors (Lipinski definition) is 4. The van der Waals surface area contributed by atoms with Crippen LogP contribution in [0.3, 0.4) is 0 Å². The molecule has 24 heavy (non-hydrogen) atoms. The summed E-state index contributed by atoms with van der Waals surface area (Å²) in [5, 5.41) is 8.57. The van der Waals surface area contributed by atoms with Crippen LogP contribution in [-0.2, 0) is 13.6 Å². The molecule has 0 unspecified atom stereocenters. The Hall–Kier alpha value is -3.40. The quantitative estimate of drug-likeness (QED) is 0.540. The van der Waals surface area contributed by atoms with Crippen molar-refractivity contribution in [3.05, 3.63) is 43.2 Å². The van der Waals surface area contributed by atoms with Gasteiger partial charge in [-0.1, -0.05) is 0 Å². The molecule has 4 aromatic rings. The second kappa shape index (κ2) is 5.66. The number of hydrogen-bond donors (Lipinski definition) is 0. The lowest BCUT2D eigenvalue weighted by Gasteiger charge is -2.05. The van der Waals surface area contributed by atoms with Crippen LogP contribution in [0.5, 0.6) is 0 Å². The van der Waals surface area contributed by atoms with Crippen molar-refractivity contribution in [3.8, 4) is 35.0 Å². The molecule has 0 N–H and O–H groups in total. The maximum atomic E-state index is 5.32. The summed E-state index contributed by atoms with van der Waals surface area (Å²) in [6, 6.07) is 1.95. The summed E-state index contributed by atoms with van der Waals surface area (Å²) in [6.07, 6.45) is 17.1. The largest absolute Gasteiger partial charge is 0.284 e. The van der Waals surface area contributed by atoms with Crippen molar-refractivity contribution in [2.45, 2.75) is 13.0 Å². The van der Waals surface area contributed by atoms with E-state index in [1.807, 2.05) is 40.8 Å². The molecule has 0 aromatic carbocycles. The van der Waals surface area contributed by atoms with Gasteiger partial charge in [0.1, 0.15) is 11.5 Å². The molecule has 0 aliphatic heterocycles. The zero-order chi connectivity index (χ0) is 16.5. The minimum Gasteiger partial charge on any atom is -0.284 e. The van der Waals surface area contributed by atoms with E-state index in [2.05, 4.69) is 21.1 Å². The van der Waals surface area contributed by atoms with E-state index in [1.165, 1.54) is 0 Å². The lowest BCUT2D eigenvalue weighted by Crippen LogP contribution is -1.98. The monoisotopic (exact) mass is 317 g/mol. The molecule has 4 rings (SSSR count). The summed E-state index contributed by atoms with van der Waals surface area (Å²) in [6.45, 7) is 0.686. The Balaban J connectivity index is 1.83. The highest BCUT2D eigenvalue weighted by atomic mass is 15.3.